The molecule has 1 fully saturated rings. The Morgan fingerprint density at radius 1 is 1.32 bits per heavy atom. The Morgan fingerprint density at radius 2 is 2.00 bits per heavy atom. The molecule has 1 N–H and O–H groups in total. The molecule has 25 heavy (non-hydrogen) atoms. The first-order valence-corrected chi connectivity index (χ1v) is 9.40. The average Bonchev–Trinajstić information content (AvgIpc) is 2.86. The van der Waals surface area contributed by atoms with E-state index in [9.17, 15) is 14.7 Å². The van der Waals surface area contributed by atoms with Crippen molar-refractivity contribution >= 4 is 23.6 Å². The molecule has 5 nitrogen and oxygen atoms in total. The minimum atomic E-state index is -0.710. The van der Waals surface area contributed by atoms with E-state index in [1.54, 1.807) is 18.7 Å². The maximum atomic E-state index is 12.7. The maximum absolute atomic E-state index is 12.7. The molecular formula is C19H23NO4S. The normalized spacial score (nSPS) is 23.6. The first-order chi connectivity index (χ1) is 11.9. The van der Waals surface area contributed by atoms with E-state index in [4.69, 9.17) is 4.74 Å². The summed E-state index contributed by atoms with van der Waals surface area (Å²) in [7, 11) is 0. The fraction of sp³-hybridized carbons (Fsp3) is 0.474. The highest BCUT2D eigenvalue weighted by atomic mass is 32.2. The fourth-order valence-corrected chi connectivity index (χ4v) is 4.53. The van der Waals surface area contributed by atoms with Gasteiger partial charge in [-0.1, -0.05) is 44.2 Å². The average molecular weight is 361 g/mol. The number of hydrogen-bond acceptors (Lipinski definition) is 5. The summed E-state index contributed by atoms with van der Waals surface area (Å²) in [6.45, 7) is 5.90. The number of carbonyl (C=O) groups excluding carboxylic acids is 2. The summed E-state index contributed by atoms with van der Waals surface area (Å²) in [5.41, 5.74) is 1.27. The van der Waals surface area contributed by atoms with Crippen LogP contribution in [0.4, 0.5) is 0 Å². The zero-order valence-corrected chi connectivity index (χ0v) is 15.5. The van der Waals surface area contributed by atoms with Crippen molar-refractivity contribution in [2.45, 2.75) is 51.2 Å². The number of nitrogens with zero attached hydrogens (tertiary/aromatic N) is 1. The third-order valence-corrected chi connectivity index (χ3v) is 5.59. The van der Waals surface area contributed by atoms with Crippen molar-refractivity contribution in [3.05, 3.63) is 46.5 Å². The van der Waals surface area contributed by atoms with Crippen LogP contribution in [0.25, 0.3) is 0 Å². The summed E-state index contributed by atoms with van der Waals surface area (Å²) in [4.78, 5) is 27.5. The molecular weight excluding hydrogens is 338 g/mol. The van der Waals surface area contributed by atoms with Crippen molar-refractivity contribution in [2.75, 3.05) is 0 Å². The van der Waals surface area contributed by atoms with E-state index in [0.717, 1.165) is 10.5 Å². The SMILES string of the molecule is CC(C)SC1=C(C(=O)OCc2ccccc2)N2C(=O)C(C(C)O)C2C1. The Morgan fingerprint density at radius 3 is 2.60 bits per heavy atom. The van der Waals surface area contributed by atoms with Crippen molar-refractivity contribution < 1.29 is 19.4 Å². The van der Waals surface area contributed by atoms with Gasteiger partial charge in [0.05, 0.1) is 18.1 Å². The zero-order valence-electron chi connectivity index (χ0n) is 14.6. The van der Waals surface area contributed by atoms with Gasteiger partial charge in [0.15, 0.2) is 0 Å². The van der Waals surface area contributed by atoms with Gasteiger partial charge in [-0.25, -0.2) is 4.79 Å². The lowest BCUT2D eigenvalue weighted by Gasteiger charge is -2.44. The summed E-state index contributed by atoms with van der Waals surface area (Å²) in [6.07, 6.45) is -0.0985. The summed E-state index contributed by atoms with van der Waals surface area (Å²) in [5, 5.41) is 10.1. The van der Waals surface area contributed by atoms with E-state index in [-0.39, 0.29) is 18.6 Å². The first-order valence-electron chi connectivity index (χ1n) is 8.52. The Kier molecular flexibility index (Phi) is 5.20. The lowest BCUT2D eigenvalue weighted by atomic mass is 9.83. The second kappa shape index (κ2) is 7.22. The Labute approximate surface area is 152 Å². The third-order valence-electron chi connectivity index (χ3n) is 4.47. The standard InChI is InChI=1S/C19H23NO4S/c1-11(2)25-15-9-14-16(12(3)21)18(22)20(14)17(15)19(23)24-10-13-7-5-4-6-8-13/h4-8,11-12,14,16,21H,9-10H2,1-3H3. The fourth-order valence-electron chi connectivity index (χ4n) is 3.40. The van der Waals surface area contributed by atoms with Gasteiger partial charge in [0.1, 0.15) is 12.3 Å². The van der Waals surface area contributed by atoms with Crippen LogP contribution in [0.1, 0.15) is 32.8 Å². The number of carbonyl (C=O) groups is 2. The van der Waals surface area contributed by atoms with Crippen LogP contribution in [0.15, 0.2) is 40.9 Å². The molecule has 0 bridgehead atoms. The van der Waals surface area contributed by atoms with Crippen molar-refractivity contribution in [2.24, 2.45) is 5.92 Å². The van der Waals surface area contributed by atoms with E-state index < -0.39 is 18.0 Å². The zero-order chi connectivity index (χ0) is 18.1. The smallest absolute Gasteiger partial charge is 0.356 e. The Balaban J connectivity index is 1.77. The lowest BCUT2D eigenvalue weighted by molar-refractivity contribution is -0.162. The van der Waals surface area contributed by atoms with E-state index in [1.807, 2.05) is 44.2 Å². The molecule has 3 rings (SSSR count). The quantitative estimate of drug-likeness (QED) is 0.623. The number of benzene rings is 1. The number of β-lactam (4-membered cyclic amide) rings is 1. The molecule has 1 saturated heterocycles. The van der Waals surface area contributed by atoms with Crippen LogP contribution >= 0.6 is 11.8 Å². The highest BCUT2D eigenvalue weighted by Gasteiger charge is 2.57. The number of ether oxygens (including phenoxy) is 1. The van der Waals surface area contributed by atoms with Crippen LogP contribution in [-0.2, 0) is 20.9 Å². The molecule has 2 aliphatic heterocycles. The number of aliphatic hydroxyl groups excluding tert-OH is 1. The van der Waals surface area contributed by atoms with Crippen molar-refractivity contribution in [3.8, 4) is 0 Å². The van der Waals surface area contributed by atoms with Crippen LogP contribution in [0.3, 0.4) is 0 Å². The summed E-state index contributed by atoms with van der Waals surface area (Å²) >= 11 is 1.59. The van der Waals surface area contributed by atoms with E-state index >= 15 is 0 Å². The first kappa shape index (κ1) is 18.0. The second-order valence-corrected chi connectivity index (χ2v) is 8.42. The van der Waals surface area contributed by atoms with E-state index in [2.05, 4.69) is 0 Å². The van der Waals surface area contributed by atoms with Crippen molar-refractivity contribution in [1.29, 1.82) is 0 Å². The van der Waals surface area contributed by atoms with Crippen molar-refractivity contribution in [1.82, 2.24) is 4.90 Å². The van der Waals surface area contributed by atoms with E-state index in [0.29, 0.717) is 17.4 Å². The van der Waals surface area contributed by atoms with Crippen LogP contribution < -0.4 is 0 Å². The number of aliphatic hydroxyl groups is 1. The van der Waals surface area contributed by atoms with Crippen LogP contribution in [-0.4, -0.2) is 39.3 Å². The summed E-state index contributed by atoms with van der Waals surface area (Å²) in [6, 6.07) is 9.33. The highest BCUT2D eigenvalue weighted by Crippen LogP contribution is 2.48. The molecule has 0 spiro atoms. The minimum Gasteiger partial charge on any atom is -0.456 e. The molecule has 0 saturated carbocycles. The molecule has 0 radical (unpaired) electrons. The Bertz CT molecular complexity index is 699. The predicted octanol–water partition coefficient (Wildman–Crippen LogP) is 2.69. The molecule has 2 aliphatic rings. The van der Waals surface area contributed by atoms with Gasteiger partial charge in [0, 0.05) is 16.6 Å². The number of rotatable bonds is 6. The van der Waals surface area contributed by atoms with Gasteiger partial charge in [-0.3, -0.25) is 4.79 Å². The molecule has 3 atom stereocenters. The molecule has 134 valence electrons. The Hall–Kier alpha value is -1.79. The van der Waals surface area contributed by atoms with Gasteiger partial charge in [-0.15, -0.1) is 11.8 Å². The van der Waals surface area contributed by atoms with Crippen LogP contribution in [0.2, 0.25) is 0 Å². The van der Waals surface area contributed by atoms with Crippen molar-refractivity contribution in [3.63, 3.8) is 0 Å². The molecule has 1 aromatic carbocycles. The monoisotopic (exact) mass is 361 g/mol. The lowest BCUT2D eigenvalue weighted by Crippen LogP contribution is -2.61. The number of esters is 1. The molecule has 3 unspecified atom stereocenters. The molecule has 1 amide bonds. The van der Waals surface area contributed by atoms with Gasteiger partial charge in [0.25, 0.3) is 0 Å². The molecule has 0 aliphatic carbocycles. The highest BCUT2D eigenvalue weighted by molar-refractivity contribution is 8.03. The van der Waals surface area contributed by atoms with Gasteiger partial charge in [-0.05, 0) is 12.5 Å². The predicted molar refractivity (Wildman–Crippen MR) is 96.4 cm³/mol. The van der Waals surface area contributed by atoms with Gasteiger partial charge < -0.3 is 14.7 Å². The third kappa shape index (κ3) is 3.46. The molecule has 6 heteroatoms. The maximum Gasteiger partial charge on any atom is 0.356 e. The number of amides is 1. The van der Waals surface area contributed by atoms with Gasteiger partial charge in [0.2, 0.25) is 5.91 Å². The second-order valence-electron chi connectivity index (χ2n) is 6.75. The van der Waals surface area contributed by atoms with Crippen LogP contribution in [0.5, 0.6) is 0 Å². The number of thioether (sulfide) groups is 1. The number of fused-ring (bicyclic) bond motifs is 1. The number of hydrogen-bond donors (Lipinski definition) is 1. The van der Waals surface area contributed by atoms with Crippen LogP contribution in [0, 0.1) is 5.92 Å². The van der Waals surface area contributed by atoms with Gasteiger partial charge in [-0.2, -0.15) is 0 Å². The summed E-state index contributed by atoms with van der Waals surface area (Å²) < 4.78 is 5.45. The molecule has 2 heterocycles. The molecule has 0 aromatic heterocycles. The van der Waals surface area contributed by atoms with E-state index in [1.165, 1.54) is 4.90 Å². The largest absolute Gasteiger partial charge is 0.456 e. The molecule has 1 aromatic rings. The topological polar surface area (TPSA) is 66.8 Å². The summed E-state index contributed by atoms with van der Waals surface area (Å²) in [5.74, 6) is -1.08. The van der Waals surface area contributed by atoms with Gasteiger partial charge >= 0.3 is 5.97 Å². The minimum absolute atomic E-state index is 0.131.